The maximum Gasteiger partial charge on any atom is 0.159 e. The second kappa shape index (κ2) is 15.5. The number of fused-ring (bicyclic) bond motifs is 10. The van der Waals surface area contributed by atoms with Gasteiger partial charge in [0.15, 0.2) is 5.82 Å². The Labute approximate surface area is 363 Å². The van der Waals surface area contributed by atoms with E-state index in [9.17, 15) is 0 Å². The molecule has 0 radical (unpaired) electrons. The first-order valence-electron chi connectivity index (χ1n) is 20.9. The van der Waals surface area contributed by atoms with Gasteiger partial charge in [0, 0.05) is 49.7 Å². The molecule has 0 N–H and O–H groups in total. The number of para-hydroxylation sites is 2. The van der Waals surface area contributed by atoms with Crippen LogP contribution in [0.15, 0.2) is 223 Å². The molecule has 11 rings (SSSR count). The van der Waals surface area contributed by atoms with Crippen molar-refractivity contribution in [1.82, 2.24) is 14.5 Å². The Morgan fingerprint density at radius 1 is 0.571 bits per heavy atom. The molecule has 0 bridgehead atoms. The standard InChI is InChI=1S/C58H39N3O2/c1-4-19-39(5-2)48-35-49(41-24-13-8-14-25-41)60-58(59-48)37(3)32-45(40-22-11-7-12-23-40)52(33-38-20-9-6-10-21-38)61-50-28-17-15-27-44(50)56-51(61)31-30-43-47-34-46-42-26-16-18-29-53(42)62-54(46)36-55(47)63-57(43)56/h4-36H,1-3H2/b39-19+,45-32?,52-33-. The Morgan fingerprint density at radius 3 is 2.03 bits per heavy atom. The van der Waals surface area contributed by atoms with Gasteiger partial charge in [0.25, 0.3) is 0 Å². The molecule has 298 valence electrons. The third-order valence-corrected chi connectivity index (χ3v) is 11.7. The van der Waals surface area contributed by atoms with Crippen molar-refractivity contribution in [3.8, 4) is 11.3 Å². The molecule has 0 amide bonds. The monoisotopic (exact) mass is 809 g/mol. The Morgan fingerprint density at radius 2 is 1.25 bits per heavy atom. The zero-order chi connectivity index (χ0) is 42.4. The van der Waals surface area contributed by atoms with Crippen LogP contribution in [-0.4, -0.2) is 14.5 Å². The summed E-state index contributed by atoms with van der Waals surface area (Å²) in [4.78, 5) is 10.2. The van der Waals surface area contributed by atoms with Crippen LogP contribution in [0.25, 0.3) is 105 Å². The number of furan rings is 2. The fourth-order valence-electron chi connectivity index (χ4n) is 8.78. The number of rotatable bonds is 10. The quantitative estimate of drug-likeness (QED) is 0.129. The molecule has 0 aliphatic rings. The average Bonchev–Trinajstić information content (AvgIpc) is 4.00. The van der Waals surface area contributed by atoms with Crippen molar-refractivity contribution in [1.29, 1.82) is 0 Å². The molecule has 0 atom stereocenters. The van der Waals surface area contributed by atoms with Crippen molar-refractivity contribution >= 4 is 94.2 Å². The second-order valence-electron chi connectivity index (χ2n) is 15.5. The summed E-state index contributed by atoms with van der Waals surface area (Å²) in [5, 5.41) is 6.35. The molecule has 0 saturated heterocycles. The van der Waals surface area contributed by atoms with E-state index in [0.29, 0.717) is 11.4 Å². The van der Waals surface area contributed by atoms with Crippen LogP contribution in [0.3, 0.4) is 0 Å². The van der Waals surface area contributed by atoms with E-state index in [1.165, 1.54) is 0 Å². The van der Waals surface area contributed by atoms with Gasteiger partial charge >= 0.3 is 0 Å². The van der Waals surface area contributed by atoms with Gasteiger partial charge in [0.2, 0.25) is 0 Å². The molecule has 4 heterocycles. The first-order valence-corrected chi connectivity index (χ1v) is 20.9. The minimum Gasteiger partial charge on any atom is -0.456 e. The predicted octanol–water partition coefficient (Wildman–Crippen LogP) is 15.6. The van der Waals surface area contributed by atoms with Crippen molar-refractivity contribution in [2.24, 2.45) is 0 Å². The van der Waals surface area contributed by atoms with E-state index < -0.39 is 0 Å². The van der Waals surface area contributed by atoms with E-state index in [2.05, 4.69) is 146 Å². The summed E-state index contributed by atoms with van der Waals surface area (Å²) in [6.45, 7) is 12.7. The first kappa shape index (κ1) is 37.5. The fraction of sp³-hybridized carbons (Fsp3) is 0. The third kappa shape index (κ3) is 6.51. The Kier molecular flexibility index (Phi) is 9.21. The Balaban J connectivity index is 1.17. The largest absolute Gasteiger partial charge is 0.456 e. The summed E-state index contributed by atoms with van der Waals surface area (Å²) >= 11 is 0. The minimum atomic E-state index is 0.500. The SMILES string of the molecule is C=C/C=C(\C=C)c1cc(-c2ccccc2)nc(C(=C)C=C(/C(=C/c2ccccc2)n2c3ccccc3c3c4oc5cc6oc7ccccc7c6cc5c4ccc32)c2ccccc2)n1. The number of hydrogen-bond donors (Lipinski definition) is 0. The van der Waals surface area contributed by atoms with Gasteiger partial charge in [0.05, 0.1) is 33.5 Å². The molecule has 5 nitrogen and oxygen atoms in total. The summed E-state index contributed by atoms with van der Waals surface area (Å²) < 4.78 is 15.6. The maximum atomic E-state index is 6.91. The van der Waals surface area contributed by atoms with Gasteiger partial charge in [-0.1, -0.05) is 165 Å². The van der Waals surface area contributed by atoms with Crippen LogP contribution in [0.2, 0.25) is 0 Å². The van der Waals surface area contributed by atoms with Gasteiger partial charge in [-0.2, -0.15) is 0 Å². The highest BCUT2D eigenvalue weighted by molar-refractivity contribution is 6.27. The molecule has 0 spiro atoms. The van der Waals surface area contributed by atoms with E-state index >= 15 is 0 Å². The van der Waals surface area contributed by atoms with E-state index in [4.69, 9.17) is 18.8 Å². The first-order chi connectivity index (χ1) is 31.1. The van der Waals surface area contributed by atoms with Crippen LogP contribution < -0.4 is 0 Å². The van der Waals surface area contributed by atoms with E-state index in [0.717, 1.165) is 111 Å². The summed E-state index contributed by atoms with van der Waals surface area (Å²) in [6.07, 6.45) is 9.80. The molecular formula is C58H39N3O2. The maximum absolute atomic E-state index is 6.91. The molecule has 4 aromatic heterocycles. The van der Waals surface area contributed by atoms with Crippen LogP contribution in [0.5, 0.6) is 0 Å². The van der Waals surface area contributed by atoms with E-state index in [1.807, 2.05) is 66.7 Å². The second-order valence-corrected chi connectivity index (χ2v) is 15.5. The highest BCUT2D eigenvalue weighted by Gasteiger charge is 2.23. The normalized spacial score (nSPS) is 12.6. The van der Waals surface area contributed by atoms with Crippen LogP contribution >= 0.6 is 0 Å². The molecule has 5 heteroatoms. The van der Waals surface area contributed by atoms with Crippen molar-refractivity contribution in [2.75, 3.05) is 0 Å². The number of benzene rings is 7. The summed E-state index contributed by atoms with van der Waals surface area (Å²) in [6, 6.07) is 58.4. The van der Waals surface area contributed by atoms with Crippen LogP contribution in [0.1, 0.15) is 22.6 Å². The molecular weight excluding hydrogens is 771 g/mol. The van der Waals surface area contributed by atoms with E-state index in [1.54, 1.807) is 12.2 Å². The van der Waals surface area contributed by atoms with Gasteiger partial charge in [-0.25, -0.2) is 9.97 Å². The topological polar surface area (TPSA) is 57.0 Å². The molecule has 63 heavy (non-hydrogen) atoms. The lowest BCUT2D eigenvalue weighted by Crippen LogP contribution is -2.03. The number of aromatic nitrogens is 3. The molecule has 0 aliphatic heterocycles. The van der Waals surface area contributed by atoms with Crippen LogP contribution in [0.4, 0.5) is 0 Å². The highest BCUT2D eigenvalue weighted by Crippen LogP contribution is 2.45. The van der Waals surface area contributed by atoms with Gasteiger partial charge in [-0.05, 0) is 65.3 Å². The Bertz CT molecular complexity index is 3710. The van der Waals surface area contributed by atoms with E-state index in [-0.39, 0.29) is 0 Å². The molecule has 0 aliphatic carbocycles. The number of hydrogen-bond acceptors (Lipinski definition) is 4. The molecule has 0 fully saturated rings. The molecule has 0 saturated carbocycles. The minimum absolute atomic E-state index is 0.500. The smallest absolute Gasteiger partial charge is 0.159 e. The highest BCUT2D eigenvalue weighted by atomic mass is 16.3. The zero-order valence-corrected chi connectivity index (χ0v) is 34.3. The van der Waals surface area contributed by atoms with Gasteiger partial charge < -0.3 is 13.4 Å². The van der Waals surface area contributed by atoms with Crippen LogP contribution in [0, 0.1) is 0 Å². The van der Waals surface area contributed by atoms with Crippen molar-refractivity contribution in [3.63, 3.8) is 0 Å². The third-order valence-electron chi connectivity index (χ3n) is 11.7. The van der Waals surface area contributed by atoms with Gasteiger partial charge in [-0.15, -0.1) is 0 Å². The zero-order valence-electron chi connectivity index (χ0n) is 34.3. The molecule has 7 aromatic carbocycles. The Hall–Kier alpha value is -8.54. The molecule has 11 aromatic rings. The molecule has 0 unspecified atom stereocenters. The lowest BCUT2D eigenvalue weighted by molar-refractivity contribution is 0.658. The van der Waals surface area contributed by atoms with Gasteiger partial charge in [0.1, 0.15) is 22.3 Å². The lowest BCUT2D eigenvalue weighted by Gasteiger charge is -2.18. The van der Waals surface area contributed by atoms with Crippen molar-refractivity contribution in [2.45, 2.75) is 0 Å². The summed E-state index contributed by atoms with van der Waals surface area (Å²) in [7, 11) is 0. The van der Waals surface area contributed by atoms with Gasteiger partial charge in [-0.3, -0.25) is 0 Å². The summed E-state index contributed by atoms with van der Waals surface area (Å²) in [5.74, 6) is 0.500. The summed E-state index contributed by atoms with van der Waals surface area (Å²) in [5.41, 5.74) is 13.2. The average molecular weight is 810 g/mol. The number of nitrogens with zero attached hydrogens (tertiary/aromatic N) is 3. The van der Waals surface area contributed by atoms with Crippen molar-refractivity contribution in [3.05, 3.63) is 237 Å². The van der Waals surface area contributed by atoms with Crippen molar-refractivity contribution < 1.29 is 8.83 Å². The number of allylic oxidation sites excluding steroid dienone is 8. The fourth-order valence-corrected chi connectivity index (χ4v) is 8.78. The van der Waals surface area contributed by atoms with Crippen LogP contribution in [-0.2, 0) is 0 Å². The lowest BCUT2D eigenvalue weighted by atomic mass is 9.97. The predicted molar refractivity (Wildman–Crippen MR) is 264 cm³/mol.